The van der Waals surface area contributed by atoms with Crippen molar-refractivity contribution < 1.29 is 18.0 Å². The van der Waals surface area contributed by atoms with Crippen molar-refractivity contribution in [1.82, 2.24) is 24.7 Å². The second-order valence-electron chi connectivity index (χ2n) is 6.30. The van der Waals surface area contributed by atoms with Gasteiger partial charge in [-0.1, -0.05) is 0 Å². The maximum absolute atomic E-state index is 13.6. The summed E-state index contributed by atoms with van der Waals surface area (Å²) in [6.45, 7) is -0.365. The summed E-state index contributed by atoms with van der Waals surface area (Å²) in [5.74, 6) is -0.0629. The predicted octanol–water partition coefficient (Wildman–Crippen LogP) is 3.92. The van der Waals surface area contributed by atoms with Crippen LogP contribution in [0.2, 0.25) is 0 Å². The third kappa shape index (κ3) is 4.23. The van der Waals surface area contributed by atoms with Crippen molar-refractivity contribution in [3.8, 4) is 11.4 Å². The Hall–Kier alpha value is -3.06. The molecule has 0 aromatic carbocycles. The van der Waals surface area contributed by atoms with Gasteiger partial charge in [-0.05, 0) is 34.1 Å². The molecule has 13 heteroatoms. The number of pyridine rings is 2. The number of hydrogen-bond acceptors (Lipinski definition) is 6. The highest BCUT2D eigenvalue weighted by atomic mass is 79.9. The first-order chi connectivity index (χ1) is 14.8. The lowest BCUT2D eigenvalue weighted by Gasteiger charge is -2.12. The number of rotatable bonds is 6. The molecule has 4 aromatic heterocycles. The third-order valence-corrected chi connectivity index (χ3v) is 6.14. The number of thiophene rings is 1. The fourth-order valence-corrected chi connectivity index (χ4v) is 4.56. The van der Waals surface area contributed by atoms with E-state index in [1.807, 2.05) is 0 Å². The normalized spacial score (nSPS) is 12.4. The van der Waals surface area contributed by atoms with E-state index in [9.17, 15) is 22.8 Å². The average Bonchev–Trinajstić information content (AvgIpc) is 3.38. The van der Waals surface area contributed by atoms with Crippen molar-refractivity contribution in [1.29, 1.82) is 0 Å². The predicted molar refractivity (Wildman–Crippen MR) is 112 cm³/mol. The Kier molecular flexibility index (Phi) is 5.87. The van der Waals surface area contributed by atoms with Gasteiger partial charge in [0.05, 0.1) is 22.3 Å². The molecule has 2 N–H and O–H groups in total. The maximum Gasteiger partial charge on any atom is 0.275 e. The number of amides is 1. The molecule has 0 spiro atoms. The molecule has 0 radical (unpaired) electrons. The van der Waals surface area contributed by atoms with Crippen LogP contribution in [0.3, 0.4) is 0 Å². The van der Waals surface area contributed by atoms with E-state index in [2.05, 4.69) is 41.4 Å². The standard InChI is InChI=1S/C18H12BrF3N6O2S/c19-8-6-31-18(14(8)17-23-7-24-27-17)26-12(29)5-28-11-3-1-10(15(20)16(21)22)25-9(11)2-4-13(28)30/h1-4,6-7,15-16H,5H2,(H,26,29)(H,23,24,27). The van der Waals surface area contributed by atoms with Crippen LogP contribution in [-0.2, 0) is 11.3 Å². The Balaban J connectivity index is 1.62. The Labute approximate surface area is 184 Å². The van der Waals surface area contributed by atoms with Crippen molar-refractivity contribution in [3.63, 3.8) is 0 Å². The first kappa shape index (κ1) is 21.2. The number of alkyl halides is 3. The summed E-state index contributed by atoms with van der Waals surface area (Å²) < 4.78 is 40.7. The summed E-state index contributed by atoms with van der Waals surface area (Å²) in [7, 11) is 0. The Morgan fingerprint density at radius 1 is 1.26 bits per heavy atom. The molecular weight excluding hydrogens is 501 g/mol. The zero-order chi connectivity index (χ0) is 22.1. The van der Waals surface area contributed by atoms with E-state index in [1.165, 1.54) is 29.8 Å². The van der Waals surface area contributed by atoms with Gasteiger partial charge in [-0.2, -0.15) is 5.10 Å². The van der Waals surface area contributed by atoms with E-state index in [0.29, 0.717) is 20.9 Å². The molecule has 160 valence electrons. The monoisotopic (exact) mass is 512 g/mol. The van der Waals surface area contributed by atoms with Crippen LogP contribution in [0.1, 0.15) is 11.9 Å². The van der Waals surface area contributed by atoms with Crippen molar-refractivity contribution in [2.45, 2.75) is 19.1 Å². The quantitative estimate of drug-likeness (QED) is 0.407. The average molecular weight is 513 g/mol. The summed E-state index contributed by atoms with van der Waals surface area (Å²) in [5.41, 5.74) is 0.00137. The van der Waals surface area contributed by atoms with Gasteiger partial charge in [0.2, 0.25) is 12.1 Å². The summed E-state index contributed by atoms with van der Waals surface area (Å²) in [6.07, 6.45) is -4.43. The SMILES string of the molecule is O=C(Cn1c(=O)ccc2nc(C(F)C(F)F)ccc21)Nc1scc(Br)c1-c1ncn[nH]1. The second kappa shape index (κ2) is 8.59. The summed E-state index contributed by atoms with van der Waals surface area (Å²) in [6, 6.07) is 4.81. The number of halogens is 4. The highest BCUT2D eigenvalue weighted by molar-refractivity contribution is 9.10. The number of fused-ring (bicyclic) bond motifs is 1. The van der Waals surface area contributed by atoms with Crippen LogP contribution in [0.4, 0.5) is 18.2 Å². The highest BCUT2D eigenvalue weighted by Gasteiger charge is 2.23. The first-order valence-electron chi connectivity index (χ1n) is 8.70. The van der Waals surface area contributed by atoms with E-state index in [1.54, 1.807) is 5.38 Å². The molecule has 0 bridgehead atoms. The third-order valence-electron chi connectivity index (χ3n) is 4.32. The molecule has 4 heterocycles. The maximum atomic E-state index is 13.6. The number of nitrogens with one attached hydrogen (secondary N) is 2. The molecule has 1 unspecified atom stereocenters. The van der Waals surface area contributed by atoms with Gasteiger partial charge >= 0.3 is 0 Å². The van der Waals surface area contributed by atoms with Gasteiger partial charge in [0.1, 0.15) is 17.9 Å². The molecular formula is C18H12BrF3N6O2S. The fraction of sp³-hybridized carbons (Fsp3) is 0.167. The molecule has 4 aromatic rings. The van der Waals surface area contributed by atoms with Gasteiger partial charge in [-0.15, -0.1) is 11.3 Å². The van der Waals surface area contributed by atoms with E-state index in [4.69, 9.17) is 0 Å². The van der Waals surface area contributed by atoms with Crippen molar-refractivity contribution in [2.75, 3.05) is 5.32 Å². The molecule has 0 aliphatic heterocycles. The molecule has 31 heavy (non-hydrogen) atoms. The van der Waals surface area contributed by atoms with Crippen LogP contribution in [0.25, 0.3) is 22.4 Å². The van der Waals surface area contributed by atoms with E-state index in [-0.39, 0.29) is 17.6 Å². The van der Waals surface area contributed by atoms with E-state index in [0.717, 1.165) is 16.7 Å². The number of aromatic nitrogens is 5. The highest BCUT2D eigenvalue weighted by Crippen LogP contribution is 2.38. The lowest BCUT2D eigenvalue weighted by atomic mass is 10.2. The van der Waals surface area contributed by atoms with E-state index >= 15 is 0 Å². The van der Waals surface area contributed by atoms with Crippen LogP contribution in [0, 0.1) is 0 Å². The molecule has 4 rings (SSSR count). The Morgan fingerprint density at radius 2 is 2.06 bits per heavy atom. The van der Waals surface area contributed by atoms with Gasteiger partial charge in [-0.25, -0.2) is 23.1 Å². The zero-order valence-electron chi connectivity index (χ0n) is 15.4. The van der Waals surface area contributed by atoms with Gasteiger partial charge in [0.15, 0.2) is 5.82 Å². The molecule has 0 aliphatic rings. The molecule has 0 saturated carbocycles. The number of anilines is 1. The van der Waals surface area contributed by atoms with Gasteiger partial charge in [-0.3, -0.25) is 19.3 Å². The first-order valence-corrected chi connectivity index (χ1v) is 10.4. The lowest BCUT2D eigenvalue weighted by Crippen LogP contribution is -2.27. The van der Waals surface area contributed by atoms with Crippen LogP contribution in [-0.4, -0.2) is 37.1 Å². The van der Waals surface area contributed by atoms with Crippen molar-refractivity contribution in [3.05, 3.63) is 56.5 Å². The number of carbonyl (C=O) groups excluding carboxylic acids is 1. The largest absolute Gasteiger partial charge is 0.315 e. The number of aromatic amines is 1. The van der Waals surface area contributed by atoms with Gasteiger partial charge in [0, 0.05) is 15.9 Å². The van der Waals surface area contributed by atoms with Gasteiger partial charge < -0.3 is 5.32 Å². The van der Waals surface area contributed by atoms with Crippen molar-refractivity contribution >= 4 is 49.2 Å². The van der Waals surface area contributed by atoms with Gasteiger partial charge in [0.25, 0.3) is 12.0 Å². The number of carbonyl (C=O) groups is 1. The minimum atomic E-state index is -3.22. The topological polar surface area (TPSA) is 106 Å². The molecule has 1 atom stereocenters. The van der Waals surface area contributed by atoms with E-state index < -0.39 is 29.8 Å². The molecule has 1 amide bonds. The number of hydrogen-bond donors (Lipinski definition) is 2. The van der Waals surface area contributed by atoms with Crippen molar-refractivity contribution in [2.24, 2.45) is 0 Å². The van der Waals surface area contributed by atoms with Crippen LogP contribution < -0.4 is 10.9 Å². The minimum absolute atomic E-state index is 0.120. The number of nitrogens with zero attached hydrogens (tertiary/aromatic N) is 4. The molecule has 0 aliphatic carbocycles. The smallest absolute Gasteiger partial charge is 0.275 e. The second-order valence-corrected chi connectivity index (χ2v) is 8.04. The summed E-state index contributed by atoms with van der Waals surface area (Å²) >= 11 is 4.64. The Morgan fingerprint density at radius 3 is 2.77 bits per heavy atom. The zero-order valence-corrected chi connectivity index (χ0v) is 17.8. The lowest BCUT2D eigenvalue weighted by molar-refractivity contribution is -0.116. The van der Waals surface area contributed by atoms with Crippen LogP contribution in [0.5, 0.6) is 0 Å². The van der Waals surface area contributed by atoms with Crippen LogP contribution >= 0.6 is 27.3 Å². The molecule has 0 saturated heterocycles. The minimum Gasteiger partial charge on any atom is -0.315 e. The van der Waals surface area contributed by atoms with Crippen LogP contribution in [0.15, 0.2) is 45.2 Å². The summed E-state index contributed by atoms with van der Waals surface area (Å²) in [5, 5.41) is 11.5. The summed E-state index contributed by atoms with van der Waals surface area (Å²) in [4.78, 5) is 33.0. The molecule has 0 fully saturated rings. The Bertz CT molecular complexity index is 1310. The molecule has 8 nitrogen and oxygen atoms in total. The number of H-pyrrole nitrogens is 1. The fourth-order valence-electron chi connectivity index (χ4n) is 2.92.